The zero-order chi connectivity index (χ0) is 9.68. The van der Waals surface area contributed by atoms with Gasteiger partial charge in [-0.3, -0.25) is 4.79 Å². The van der Waals surface area contributed by atoms with E-state index in [9.17, 15) is 4.79 Å². The van der Waals surface area contributed by atoms with Gasteiger partial charge in [-0.25, -0.2) is 0 Å². The Labute approximate surface area is 80.0 Å². The van der Waals surface area contributed by atoms with Crippen molar-refractivity contribution in [1.82, 2.24) is 0 Å². The third-order valence-corrected chi connectivity index (χ3v) is 2.62. The van der Waals surface area contributed by atoms with E-state index in [0.717, 1.165) is 0 Å². The van der Waals surface area contributed by atoms with E-state index < -0.39 is 0 Å². The van der Waals surface area contributed by atoms with Crippen molar-refractivity contribution >= 4 is 5.97 Å². The highest BCUT2D eigenvalue weighted by Gasteiger charge is 2.13. The molecule has 0 aliphatic heterocycles. The summed E-state index contributed by atoms with van der Waals surface area (Å²) in [4.78, 5) is 10.5. The first-order valence-electron chi connectivity index (χ1n) is 5.02. The monoisotopic (exact) mass is 182 g/mol. The number of hydrogen-bond acceptors (Lipinski definition) is 2. The lowest BCUT2D eigenvalue weighted by atomic mass is 9.85. The van der Waals surface area contributed by atoms with Gasteiger partial charge in [0.05, 0.1) is 0 Å². The number of allylic oxidation sites excluding steroid dienone is 1. The molecule has 0 aromatic rings. The van der Waals surface area contributed by atoms with Gasteiger partial charge in [0.1, 0.15) is 6.61 Å². The molecule has 0 radical (unpaired) electrons. The highest BCUT2D eigenvalue weighted by molar-refractivity contribution is 5.66. The lowest BCUT2D eigenvalue weighted by Crippen LogP contribution is -2.08. The number of ether oxygens (including phenoxy) is 1. The van der Waals surface area contributed by atoms with Gasteiger partial charge in [-0.05, 0) is 31.3 Å². The molecule has 13 heavy (non-hydrogen) atoms. The van der Waals surface area contributed by atoms with Crippen LogP contribution in [0.5, 0.6) is 0 Å². The van der Waals surface area contributed by atoms with Crippen LogP contribution in [-0.4, -0.2) is 12.6 Å². The number of carbonyl (C=O) groups is 1. The Kier molecular flexibility index (Phi) is 4.00. The van der Waals surface area contributed by atoms with Gasteiger partial charge in [-0.2, -0.15) is 0 Å². The molecule has 0 aromatic carbocycles. The lowest BCUT2D eigenvalue weighted by Gasteiger charge is -2.21. The molecule has 0 amide bonds. The van der Waals surface area contributed by atoms with Gasteiger partial charge in [-0.1, -0.05) is 18.9 Å². The summed E-state index contributed by atoms with van der Waals surface area (Å²) >= 11 is 0. The van der Waals surface area contributed by atoms with Gasteiger partial charge in [0.15, 0.2) is 0 Å². The Morgan fingerprint density at radius 1 is 1.62 bits per heavy atom. The van der Waals surface area contributed by atoms with Crippen LogP contribution in [-0.2, 0) is 9.53 Å². The summed E-state index contributed by atoms with van der Waals surface area (Å²) in [6.45, 7) is 4.15. The fraction of sp³-hybridized carbons (Fsp3) is 0.727. The maximum absolute atomic E-state index is 10.5. The largest absolute Gasteiger partial charge is 0.462 e. The second-order valence-corrected chi connectivity index (χ2v) is 3.73. The average molecular weight is 182 g/mol. The molecule has 0 bridgehead atoms. The molecule has 1 aliphatic rings. The topological polar surface area (TPSA) is 26.3 Å². The molecule has 1 atom stereocenters. The highest BCUT2D eigenvalue weighted by atomic mass is 16.5. The van der Waals surface area contributed by atoms with Gasteiger partial charge < -0.3 is 4.74 Å². The zero-order valence-corrected chi connectivity index (χ0v) is 8.51. The Hall–Kier alpha value is -0.790. The second kappa shape index (κ2) is 5.05. The van der Waals surface area contributed by atoms with E-state index >= 15 is 0 Å². The summed E-state index contributed by atoms with van der Waals surface area (Å²) in [5.74, 6) is 0.490. The van der Waals surface area contributed by atoms with E-state index in [1.807, 2.05) is 0 Å². The minimum atomic E-state index is -0.194. The number of hydrogen-bond donors (Lipinski definition) is 0. The molecular weight excluding hydrogens is 164 g/mol. The van der Waals surface area contributed by atoms with Crippen LogP contribution >= 0.6 is 0 Å². The Balaban J connectivity index is 2.35. The lowest BCUT2D eigenvalue weighted by molar-refractivity contribution is -0.139. The van der Waals surface area contributed by atoms with Crippen LogP contribution in [0.3, 0.4) is 0 Å². The van der Waals surface area contributed by atoms with E-state index in [1.54, 1.807) is 0 Å². The van der Waals surface area contributed by atoms with Crippen molar-refractivity contribution < 1.29 is 9.53 Å². The summed E-state index contributed by atoms with van der Waals surface area (Å²) in [7, 11) is 0. The van der Waals surface area contributed by atoms with Crippen molar-refractivity contribution in [1.29, 1.82) is 0 Å². The van der Waals surface area contributed by atoms with Crippen molar-refractivity contribution in [2.45, 2.75) is 39.5 Å². The van der Waals surface area contributed by atoms with Crippen LogP contribution in [0.4, 0.5) is 0 Å². The molecular formula is C11H18O2. The first-order valence-corrected chi connectivity index (χ1v) is 5.02. The van der Waals surface area contributed by atoms with Gasteiger partial charge >= 0.3 is 5.97 Å². The van der Waals surface area contributed by atoms with Crippen LogP contribution in [0.1, 0.15) is 39.5 Å². The van der Waals surface area contributed by atoms with Crippen LogP contribution in [0.15, 0.2) is 11.6 Å². The maximum atomic E-state index is 10.5. The van der Waals surface area contributed by atoms with Gasteiger partial charge in [0, 0.05) is 6.92 Å². The van der Waals surface area contributed by atoms with E-state index in [2.05, 4.69) is 13.0 Å². The highest BCUT2D eigenvalue weighted by Crippen LogP contribution is 2.28. The van der Waals surface area contributed by atoms with Crippen LogP contribution < -0.4 is 0 Å². The molecule has 2 nitrogen and oxygen atoms in total. The molecule has 1 aliphatic carbocycles. The van der Waals surface area contributed by atoms with E-state index in [1.165, 1.54) is 38.2 Å². The third kappa shape index (κ3) is 3.62. The van der Waals surface area contributed by atoms with Gasteiger partial charge in [0.2, 0.25) is 0 Å². The standard InChI is InChI=1S/C11H18O2/c1-9-5-3-4-6-11(9)7-8-13-10(2)12/h7,9H,3-6,8H2,1-2H3/b11-7+. The summed E-state index contributed by atoms with van der Waals surface area (Å²) < 4.78 is 4.88. The summed E-state index contributed by atoms with van der Waals surface area (Å²) in [6, 6.07) is 0. The maximum Gasteiger partial charge on any atom is 0.302 e. The Morgan fingerprint density at radius 2 is 2.38 bits per heavy atom. The normalized spacial score (nSPS) is 26.0. The predicted octanol–water partition coefficient (Wildman–Crippen LogP) is 2.69. The Bertz CT molecular complexity index is 206. The fourth-order valence-corrected chi connectivity index (χ4v) is 1.78. The smallest absolute Gasteiger partial charge is 0.302 e. The molecule has 0 heterocycles. The number of carbonyl (C=O) groups excluding carboxylic acids is 1. The molecule has 0 N–H and O–H groups in total. The third-order valence-electron chi connectivity index (χ3n) is 2.62. The van der Waals surface area contributed by atoms with Crippen molar-refractivity contribution in [3.05, 3.63) is 11.6 Å². The number of esters is 1. The molecule has 1 unspecified atom stereocenters. The van der Waals surface area contributed by atoms with Crippen molar-refractivity contribution in [2.24, 2.45) is 5.92 Å². The van der Waals surface area contributed by atoms with Crippen molar-refractivity contribution in [3.8, 4) is 0 Å². The second-order valence-electron chi connectivity index (χ2n) is 3.73. The van der Waals surface area contributed by atoms with E-state index in [4.69, 9.17) is 4.74 Å². The summed E-state index contributed by atoms with van der Waals surface area (Å²) in [5.41, 5.74) is 1.47. The first kappa shape index (κ1) is 10.3. The van der Waals surface area contributed by atoms with Crippen LogP contribution in [0.2, 0.25) is 0 Å². The van der Waals surface area contributed by atoms with Crippen LogP contribution in [0.25, 0.3) is 0 Å². The fourth-order valence-electron chi connectivity index (χ4n) is 1.78. The number of rotatable bonds is 2. The summed E-state index contributed by atoms with van der Waals surface area (Å²) in [5, 5.41) is 0. The quantitative estimate of drug-likeness (QED) is 0.485. The zero-order valence-electron chi connectivity index (χ0n) is 8.51. The minimum Gasteiger partial charge on any atom is -0.462 e. The van der Waals surface area contributed by atoms with E-state index in [-0.39, 0.29) is 5.97 Å². The predicted molar refractivity (Wildman–Crippen MR) is 52.3 cm³/mol. The van der Waals surface area contributed by atoms with Crippen LogP contribution in [0, 0.1) is 5.92 Å². The SMILES string of the molecule is CC(=O)OC/C=C1\CCCCC1C. The Morgan fingerprint density at radius 3 is 3.00 bits per heavy atom. The van der Waals surface area contributed by atoms with Gasteiger partial charge in [-0.15, -0.1) is 0 Å². The molecule has 1 rings (SSSR count). The molecule has 0 saturated heterocycles. The average Bonchev–Trinajstić information content (AvgIpc) is 2.08. The molecule has 1 fully saturated rings. The molecule has 74 valence electrons. The molecule has 1 saturated carbocycles. The van der Waals surface area contributed by atoms with Crippen molar-refractivity contribution in [3.63, 3.8) is 0 Å². The molecule has 0 aromatic heterocycles. The van der Waals surface area contributed by atoms with E-state index in [0.29, 0.717) is 12.5 Å². The van der Waals surface area contributed by atoms with Crippen molar-refractivity contribution in [2.75, 3.05) is 6.61 Å². The minimum absolute atomic E-state index is 0.194. The first-order chi connectivity index (χ1) is 6.20. The molecule has 0 spiro atoms. The van der Waals surface area contributed by atoms with Gasteiger partial charge in [0.25, 0.3) is 0 Å². The summed E-state index contributed by atoms with van der Waals surface area (Å²) in [6.07, 6.45) is 7.17. The molecule has 2 heteroatoms.